The Labute approximate surface area is 177 Å². The van der Waals surface area contributed by atoms with Crippen LogP contribution < -0.4 is 27.0 Å². The van der Waals surface area contributed by atoms with Gasteiger partial charge >= 0.3 is 7.12 Å². The molecule has 0 unspecified atom stereocenters. The Balaban J connectivity index is 1.55. The standard InChI is InChI=1S/C22H18BN3O5/c27-18-8-7-15(11-16(18)17-6-1-2-9-24-17)26-20-19(21(28)22(20)29)25-12-13-4-3-5-14(10-13)23(30)31/h1-11,25-27,30-31H,12H2. The summed E-state index contributed by atoms with van der Waals surface area (Å²) in [5.74, 6) is 0.0403. The van der Waals surface area contributed by atoms with E-state index in [0.29, 0.717) is 28.0 Å². The van der Waals surface area contributed by atoms with Crippen LogP contribution in [-0.2, 0) is 6.54 Å². The lowest BCUT2D eigenvalue weighted by atomic mass is 9.79. The number of anilines is 3. The topological polar surface area (TPSA) is 132 Å². The van der Waals surface area contributed by atoms with Crippen LogP contribution in [0.1, 0.15) is 5.56 Å². The number of nitrogens with zero attached hydrogens (tertiary/aromatic N) is 1. The Morgan fingerprint density at radius 2 is 1.71 bits per heavy atom. The van der Waals surface area contributed by atoms with E-state index in [1.807, 2.05) is 0 Å². The van der Waals surface area contributed by atoms with Gasteiger partial charge in [-0.05, 0) is 41.4 Å². The molecule has 31 heavy (non-hydrogen) atoms. The van der Waals surface area contributed by atoms with Crippen molar-refractivity contribution >= 4 is 29.6 Å². The number of benzene rings is 2. The second kappa shape index (κ2) is 8.43. The molecular formula is C22H18BN3O5. The van der Waals surface area contributed by atoms with Crippen LogP contribution in [0.4, 0.5) is 17.1 Å². The zero-order valence-electron chi connectivity index (χ0n) is 16.2. The van der Waals surface area contributed by atoms with E-state index < -0.39 is 18.0 Å². The highest BCUT2D eigenvalue weighted by Crippen LogP contribution is 2.32. The van der Waals surface area contributed by atoms with Gasteiger partial charge < -0.3 is 25.8 Å². The summed E-state index contributed by atoms with van der Waals surface area (Å²) in [7, 11) is -1.59. The van der Waals surface area contributed by atoms with Gasteiger partial charge in [-0.1, -0.05) is 30.3 Å². The number of nitrogens with one attached hydrogen (secondary N) is 2. The molecule has 0 saturated heterocycles. The van der Waals surface area contributed by atoms with E-state index in [1.54, 1.807) is 60.8 Å². The van der Waals surface area contributed by atoms with Crippen molar-refractivity contribution < 1.29 is 15.2 Å². The van der Waals surface area contributed by atoms with Gasteiger partial charge in [0.25, 0.3) is 10.9 Å². The van der Waals surface area contributed by atoms with Gasteiger partial charge in [-0.3, -0.25) is 14.6 Å². The number of hydrogen-bond donors (Lipinski definition) is 5. The minimum Gasteiger partial charge on any atom is -0.507 e. The number of phenolic OH excluding ortho intramolecular Hbond substituents is 1. The number of rotatable bonds is 7. The molecule has 1 heterocycles. The maximum Gasteiger partial charge on any atom is 0.488 e. The lowest BCUT2D eigenvalue weighted by molar-refractivity contribution is 0.425. The lowest BCUT2D eigenvalue weighted by Gasteiger charge is -2.16. The maximum atomic E-state index is 12.1. The van der Waals surface area contributed by atoms with Crippen LogP contribution in [0.3, 0.4) is 0 Å². The van der Waals surface area contributed by atoms with E-state index in [9.17, 15) is 24.7 Å². The average molecular weight is 415 g/mol. The van der Waals surface area contributed by atoms with Crippen molar-refractivity contribution in [2.45, 2.75) is 6.54 Å². The van der Waals surface area contributed by atoms with E-state index in [-0.39, 0.29) is 23.7 Å². The number of phenols is 1. The Bertz CT molecular complexity index is 1300. The summed E-state index contributed by atoms with van der Waals surface area (Å²) >= 11 is 0. The molecule has 0 aliphatic carbocycles. The van der Waals surface area contributed by atoms with Crippen molar-refractivity contribution in [1.29, 1.82) is 0 Å². The van der Waals surface area contributed by atoms with Gasteiger partial charge in [0, 0.05) is 24.0 Å². The van der Waals surface area contributed by atoms with E-state index >= 15 is 0 Å². The minimum absolute atomic E-state index is 0.0403. The Morgan fingerprint density at radius 1 is 0.903 bits per heavy atom. The molecule has 0 amide bonds. The third kappa shape index (κ3) is 4.18. The quantitative estimate of drug-likeness (QED) is 0.172. The molecule has 5 N–H and O–H groups in total. The SMILES string of the molecule is O=c1c(NCc2cccc(B(O)O)c2)c(Nc2ccc(O)c(-c3ccccn3)c2)c1=O. The molecule has 154 valence electrons. The molecular weight excluding hydrogens is 397 g/mol. The molecule has 0 spiro atoms. The van der Waals surface area contributed by atoms with E-state index in [1.165, 1.54) is 6.07 Å². The summed E-state index contributed by atoms with van der Waals surface area (Å²) in [5, 5.41) is 34.6. The van der Waals surface area contributed by atoms with Gasteiger partial charge in [-0.25, -0.2) is 0 Å². The van der Waals surface area contributed by atoms with Crippen molar-refractivity contribution in [3.63, 3.8) is 0 Å². The minimum atomic E-state index is -1.59. The summed E-state index contributed by atoms with van der Waals surface area (Å²) in [4.78, 5) is 28.4. The molecule has 4 aromatic rings. The Morgan fingerprint density at radius 3 is 2.45 bits per heavy atom. The van der Waals surface area contributed by atoms with Gasteiger partial charge in [0.05, 0.1) is 5.69 Å². The van der Waals surface area contributed by atoms with Gasteiger partial charge in [-0.2, -0.15) is 0 Å². The maximum absolute atomic E-state index is 12.1. The summed E-state index contributed by atoms with van der Waals surface area (Å²) < 4.78 is 0. The first-order valence-electron chi connectivity index (χ1n) is 9.47. The highest BCUT2D eigenvalue weighted by Gasteiger charge is 2.21. The Kier molecular flexibility index (Phi) is 5.53. The number of hydrogen-bond acceptors (Lipinski definition) is 8. The van der Waals surface area contributed by atoms with E-state index in [2.05, 4.69) is 15.6 Å². The smallest absolute Gasteiger partial charge is 0.488 e. The van der Waals surface area contributed by atoms with Crippen LogP contribution in [-0.4, -0.2) is 27.3 Å². The van der Waals surface area contributed by atoms with Crippen molar-refractivity contribution in [2.75, 3.05) is 10.6 Å². The van der Waals surface area contributed by atoms with Crippen molar-refractivity contribution in [2.24, 2.45) is 0 Å². The molecule has 4 rings (SSSR count). The fourth-order valence-corrected chi connectivity index (χ4v) is 3.22. The molecule has 0 radical (unpaired) electrons. The van der Waals surface area contributed by atoms with E-state index in [4.69, 9.17) is 0 Å². The molecule has 0 aliphatic heterocycles. The van der Waals surface area contributed by atoms with Crippen molar-refractivity contribution in [1.82, 2.24) is 4.98 Å². The highest BCUT2D eigenvalue weighted by atomic mass is 16.4. The lowest BCUT2D eigenvalue weighted by Crippen LogP contribution is -2.36. The van der Waals surface area contributed by atoms with Crippen LogP contribution in [0.5, 0.6) is 5.75 Å². The molecule has 9 heteroatoms. The van der Waals surface area contributed by atoms with Gasteiger partial charge in [0.1, 0.15) is 17.1 Å². The molecule has 0 fully saturated rings. The van der Waals surface area contributed by atoms with Gasteiger partial charge in [0.15, 0.2) is 0 Å². The van der Waals surface area contributed by atoms with E-state index in [0.717, 1.165) is 0 Å². The fraction of sp³-hybridized carbons (Fsp3) is 0.0455. The Hall–Kier alpha value is -3.95. The molecule has 8 nitrogen and oxygen atoms in total. The van der Waals surface area contributed by atoms with Crippen LogP contribution in [0.2, 0.25) is 0 Å². The second-order valence-electron chi connectivity index (χ2n) is 6.95. The van der Waals surface area contributed by atoms with Crippen LogP contribution >= 0.6 is 0 Å². The monoisotopic (exact) mass is 415 g/mol. The summed E-state index contributed by atoms with van der Waals surface area (Å²) in [6.07, 6.45) is 1.61. The average Bonchev–Trinajstić information content (AvgIpc) is 2.80. The molecule has 0 aliphatic rings. The largest absolute Gasteiger partial charge is 0.507 e. The molecule has 3 aromatic carbocycles. The zero-order valence-corrected chi connectivity index (χ0v) is 16.2. The van der Waals surface area contributed by atoms with Gasteiger partial charge in [0.2, 0.25) is 0 Å². The summed E-state index contributed by atoms with van der Waals surface area (Å²) in [5.41, 5.74) is 1.60. The molecule has 0 saturated carbocycles. The van der Waals surface area contributed by atoms with Crippen LogP contribution in [0.15, 0.2) is 76.4 Å². The fourth-order valence-electron chi connectivity index (χ4n) is 3.22. The summed E-state index contributed by atoms with van der Waals surface area (Å²) in [6.45, 7) is 0.217. The third-order valence-electron chi connectivity index (χ3n) is 4.84. The molecule has 0 atom stereocenters. The van der Waals surface area contributed by atoms with Crippen molar-refractivity contribution in [3.05, 3.63) is 92.9 Å². The summed E-state index contributed by atoms with van der Waals surface area (Å²) in [6, 6.07) is 16.6. The first-order valence-corrected chi connectivity index (χ1v) is 9.47. The highest BCUT2D eigenvalue weighted by molar-refractivity contribution is 6.58. The third-order valence-corrected chi connectivity index (χ3v) is 4.84. The number of aromatic nitrogens is 1. The predicted molar refractivity (Wildman–Crippen MR) is 120 cm³/mol. The van der Waals surface area contributed by atoms with Crippen LogP contribution in [0, 0.1) is 0 Å². The second-order valence-corrected chi connectivity index (χ2v) is 6.95. The van der Waals surface area contributed by atoms with Crippen LogP contribution in [0.25, 0.3) is 11.3 Å². The molecule has 0 bridgehead atoms. The number of aromatic hydroxyl groups is 1. The predicted octanol–water partition coefficient (Wildman–Crippen LogP) is 1.09. The zero-order chi connectivity index (χ0) is 22.0. The molecule has 1 aromatic heterocycles. The first kappa shape index (κ1) is 20.3. The number of pyridine rings is 1. The van der Waals surface area contributed by atoms with Gasteiger partial charge in [-0.15, -0.1) is 0 Å². The first-order chi connectivity index (χ1) is 14.9. The normalized spacial score (nSPS) is 10.8. The van der Waals surface area contributed by atoms with Crippen molar-refractivity contribution in [3.8, 4) is 17.0 Å².